The molecule has 0 N–H and O–H groups in total. The fourth-order valence-corrected chi connectivity index (χ4v) is 3.89. The van der Waals surface area contributed by atoms with Crippen LogP contribution in [-0.4, -0.2) is 15.0 Å². The normalized spacial score (nSPS) is 11.2. The lowest BCUT2D eigenvalue weighted by molar-refractivity contribution is 0.669. The first-order valence-corrected chi connectivity index (χ1v) is 10.1. The van der Waals surface area contributed by atoms with Gasteiger partial charge in [-0.2, -0.15) is 0 Å². The minimum Gasteiger partial charge on any atom is -0.456 e. The van der Waals surface area contributed by atoms with Crippen LogP contribution in [0.25, 0.3) is 55.7 Å². The number of nitrogens with zero attached hydrogens (tertiary/aromatic N) is 3. The Hall–Kier alpha value is -4.31. The summed E-state index contributed by atoms with van der Waals surface area (Å²) in [6.07, 6.45) is 5.45. The average Bonchev–Trinajstić information content (AvgIpc) is 3.23. The van der Waals surface area contributed by atoms with Crippen molar-refractivity contribution in [1.29, 1.82) is 0 Å². The van der Waals surface area contributed by atoms with Gasteiger partial charge in [0.15, 0.2) is 5.82 Å². The third-order valence-electron chi connectivity index (χ3n) is 5.47. The molecule has 0 fully saturated rings. The fourth-order valence-electron chi connectivity index (χ4n) is 3.89. The second-order valence-corrected chi connectivity index (χ2v) is 7.39. The number of rotatable bonds is 3. The van der Waals surface area contributed by atoms with E-state index in [1.54, 1.807) is 6.20 Å². The molecule has 3 aromatic heterocycles. The van der Waals surface area contributed by atoms with E-state index in [0.29, 0.717) is 5.82 Å². The number of para-hydroxylation sites is 1. The Morgan fingerprint density at radius 3 is 2.26 bits per heavy atom. The molecule has 0 unspecified atom stereocenters. The third-order valence-corrected chi connectivity index (χ3v) is 5.47. The number of furan rings is 1. The number of fused-ring (bicyclic) bond motifs is 3. The highest BCUT2D eigenvalue weighted by atomic mass is 16.3. The average molecular weight is 399 g/mol. The topological polar surface area (TPSA) is 51.8 Å². The maximum Gasteiger partial charge on any atom is 0.159 e. The standard InChI is InChI=1S/C27H17N3O/c1-2-6-25-22(5-1)23-16-20(11-12-26(23)31-25)24-13-15-29-27(30-24)19-9-7-18(8-10-19)21-4-3-14-28-17-21/h1-17H. The van der Waals surface area contributed by atoms with E-state index >= 15 is 0 Å². The van der Waals surface area contributed by atoms with Crippen LogP contribution in [0, 0.1) is 0 Å². The zero-order chi connectivity index (χ0) is 20.6. The molecule has 4 nitrogen and oxygen atoms in total. The summed E-state index contributed by atoms with van der Waals surface area (Å²) in [5, 5.41) is 2.20. The van der Waals surface area contributed by atoms with Gasteiger partial charge in [-0.3, -0.25) is 4.98 Å². The molecule has 0 saturated heterocycles. The van der Waals surface area contributed by atoms with Crippen LogP contribution in [0.15, 0.2) is 108 Å². The highest BCUT2D eigenvalue weighted by molar-refractivity contribution is 6.06. The summed E-state index contributed by atoms with van der Waals surface area (Å²) in [5.41, 5.74) is 6.87. The first-order chi connectivity index (χ1) is 15.3. The summed E-state index contributed by atoms with van der Waals surface area (Å²) >= 11 is 0. The number of aromatic nitrogens is 3. The van der Waals surface area contributed by atoms with Crippen molar-refractivity contribution in [1.82, 2.24) is 15.0 Å². The quantitative estimate of drug-likeness (QED) is 0.329. The number of benzene rings is 3. The monoisotopic (exact) mass is 399 g/mol. The molecule has 3 heterocycles. The Morgan fingerprint density at radius 2 is 1.39 bits per heavy atom. The maximum absolute atomic E-state index is 5.95. The van der Waals surface area contributed by atoms with Gasteiger partial charge in [0.25, 0.3) is 0 Å². The summed E-state index contributed by atoms with van der Waals surface area (Å²) in [7, 11) is 0. The molecule has 0 radical (unpaired) electrons. The largest absolute Gasteiger partial charge is 0.456 e. The first-order valence-electron chi connectivity index (χ1n) is 10.1. The third kappa shape index (κ3) is 3.15. The van der Waals surface area contributed by atoms with Crippen molar-refractivity contribution >= 4 is 21.9 Å². The molecule has 0 amide bonds. The van der Waals surface area contributed by atoms with Crippen molar-refractivity contribution in [2.24, 2.45) is 0 Å². The van der Waals surface area contributed by atoms with Gasteiger partial charge in [-0.05, 0) is 47.5 Å². The second kappa shape index (κ2) is 7.18. The van der Waals surface area contributed by atoms with Crippen LogP contribution in [0.5, 0.6) is 0 Å². The molecule has 146 valence electrons. The minimum absolute atomic E-state index is 0.701. The van der Waals surface area contributed by atoms with E-state index < -0.39 is 0 Å². The zero-order valence-electron chi connectivity index (χ0n) is 16.6. The van der Waals surface area contributed by atoms with E-state index in [2.05, 4.69) is 40.3 Å². The lowest BCUT2D eigenvalue weighted by Crippen LogP contribution is -1.91. The van der Waals surface area contributed by atoms with Crippen LogP contribution in [-0.2, 0) is 0 Å². The van der Waals surface area contributed by atoms with Crippen LogP contribution in [0.2, 0.25) is 0 Å². The highest BCUT2D eigenvalue weighted by Gasteiger charge is 2.10. The van der Waals surface area contributed by atoms with E-state index in [1.165, 1.54) is 0 Å². The van der Waals surface area contributed by atoms with E-state index in [4.69, 9.17) is 9.40 Å². The zero-order valence-corrected chi connectivity index (χ0v) is 16.6. The Labute approximate surface area is 178 Å². The smallest absolute Gasteiger partial charge is 0.159 e. The summed E-state index contributed by atoms with van der Waals surface area (Å²) in [6.45, 7) is 0. The predicted molar refractivity (Wildman–Crippen MR) is 123 cm³/mol. The van der Waals surface area contributed by atoms with E-state index in [9.17, 15) is 0 Å². The minimum atomic E-state index is 0.701. The van der Waals surface area contributed by atoms with Crippen LogP contribution in [0.4, 0.5) is 0 Å². The van der Waals surface area contributed by atoms with Crippen LogP contribution < -0.4 is 0 Å². The van der Waals surface area contributed by atoms with Gasteiger partial charge in [-0.1, -0.05) is 48.5 Å². The van der Waals surface area contributed by atoms with Crippen molar-refractivity contribution in [2.45, 2.75) is 0 Å². The summed E-state index contributed by atoms with van der Waals surface area (Å²) in [4.78, 5) is 13.5. The van der Waals surface area contributed by atoms with Crippen molar-refractivity contribution < 1.29 is 4.42 Å². The van der Waals surface area contributed by atoms with E-state index in [1.807, 2.05) is 67.0 Å². The number of pyridine rings is 1. The molecule has 0 saturated carbocycles. The molecular formula is C27H17N3O. The number of hydrogen-bond donors (Lipinski definition) is 0. The lowest BCUT2D eigenvalue weighted by atomic mass is 10.0. The van der Waals surface area contributed by atoms with Crippen molar-refractivity contribution in [3.8, 4) is 33.8 Å². The summed E-state index contributed by atoms with van der Waals surface area (Å²) < 4.78 is 5.95. The summed E-state index contributed by atoms with van der Waals surface area (Å²) in [5.74, 6) is 0.701. The van der Waals surface area contributed by atoms with Gasteiger partial charge < -0.3 is 4.42 Å². The first kappa shape index (κ1) is 17.5. The van der Waals surface area contributed by atoms with Gasteiger partial charge in [-0.25, -0.2) is 9.97 Å². The molecule has 4 heteroatoms. The molecule has 0 aliphatic heterocycles. The Morgan fingerprint density at radius 1 is 0.581 bits per heavy atom. The Bertz CT molecular complexity index is 1520. The molecule has 3 aromatic carbocycles. The SMILES string of the molecule is c1cncc(-c2ccc(-c3nccc(-c4ccc5oc6ccccc6c5c4)n3)cc2)c1. The van der Waals surface area contributed by atoms with Crippen molar-refractivity contribution in [3.63, 3.8) is 0 Å². The molecule has 0 aliphatic rings. The predicted octanol–water partition coefficient (Wildman–Crippen LogP) is 6.77. The van der Waals surface area contributed by atoms with Gasteiger partial charge in [0.05, 0.1) is 5.69 Å². The van der Waals surface area contributed by atoms with Crippen molar-refractivity contribution in [3.05, 3.63) is 104 Å². The van der Waals surface area contributed by atoms with Crippen LogP contribution in [0.1, 0.15) is 0 Å². The van der Waals surface area contributed by atoms with Gasteiger partial charge >= 0.3 is 0 Å². The molecule has 6 aromatic rings. The lowest BCUT2D eigenvalue weighted by Gasteiger charge is -2.06. The highest BCUT2D eigenvalue weighted by Crippen LogP contribution is 2.32. The molecule has 6 rings (SSSR count). The molecule has 31 heavy (non-hydrogen) atoms. The van der Waals surface area contributed by atoms with E-state index in [-0.39, 0.29) is 0 Å². The van der Waals surface area contributed by atoms with Gasteiger partial charge in [0.2, 0.25) is 0 Å². The Balaban J connectivity index is 1.38. The van der Waals surface area contributed by atoms with Crippen molar-refractivity contribution in [2.75, 3.05) is 0 Å². The second-order valence-electron chi connectivity index (χ2n) is 7.39. The Kier molecular flexibility index (Phi) is 4.06. The van der Waals surface area contributed by atoms with Gasteiger partial charge in [0.1, 0.15) is 11.2 Å². The van der Waals surface area contributed by atoms with Gasteiger partial charge in [-0.15, -0.1) is 0 Å². The van der Waals surface area contributed by atoms with Crippen LogP contribution in [0.3, 0.4) is 0 Å². The number of hydrogen-bond acceptors (Lipinski definition) is 4. The van der Waals surface area contributed by atoms with E-state index in [0.717, 1.165) is 49.9 Å². The molecule has 0 spiro atoms. The summed E-state index contributed by atoms with van der Waals surface area (Å²) in [6, 6.07) is 28.5. The molecular weight excluding hydrogens is 382 g/mol. The fraction of sp³-hybridized carbons (Fsp3) is 0. The molecule has 0 atom stereocenters. The molecule has 0 aliphatic carbocycles. The molecule has 0 bridgehead atoms. The van der Waals surface area contributed by atoms with Crippen LogP contribution >= 0.6 is 0 Å². The van der Waals surface area contributed by atoms with Gasteiger partial charge in [0, 0.05) is 40.5 Å². The maximum atomic E-state index is 5.95.